The first-order valence-electron chi connectivity index (χ1n) is 5.56. The molecule has 0 aromatic carbocycles. The molecular weight excluding hydrogens is 203 g/mol. The molecule has 0 radical (unpaired) electrons. The number of halogens is 3. The minimum atomic E-state index is -4.25. The first-order chi connectivity index (χ1) is 6.98. The summed E-state index contributed by atoms with van der Waals surface area (Å²) in [7, 11) is 0. The van der Waals surface area contributed by atoms with Crippen LogP contribution in [-0.4, -0.2) is 18.4 Å². The van der Waals surface area contributed by atoms with E-state index in [-0.39, 0.29) is 0 Å². The number of unbranched alkanes of at least 4 members (excludes halogenated alkanes) is 5. The molecule has 0 spiro atoms. The summed E-state index contributed by atoms with van der Waals surface area (Å²) in [5.74, 6) is 0. The second kappa shape index (κ2) is 7.71. The van der Waals surface area contributed by atoms with Crippen LogP contribution in [0.1, 0.15) is 52.4 Å². The Kier molecular flexibility index (Phi) is 7.44. The molecule has 0 aromatic rings. The van der Waals surface area contributed by atoms with E-state index in [1.807, 2.05) is 0 Å². The lowest BCUT2D eigenvalue weighted by atomic mass is 10.1. The monoisotopic (exact) mass is 223 g/mol. The van der Waals surface area contributed by atoms with Crippen molar-refractivity contribution in [1.82, 2.24) is 0 Å². The summed E-state index contributed by atoms with van der Waals surface area (Å²) < 4.78 is 36.0. The van der Waals surface area contributed by atoms with Crippen LogP contribution in [0.15, 0.2) is 4.99 Å². The number of alkyl halides is 3. The zero-order valence-electron chi connectivity index (χ0n) is 9.53. The molecular formula is C11H20F3N. The molecule has 0 aliphatic heterocycles. The fourth-order valence-corrected chi connectivity index (χ4v) is 1.23. The van der Waals surface area contributed by atoms with Crippen LogP contribution >= 0.6 is 0 Å². The van der Waals surface area contributed by atoms with Gasteiger partial charge in [-0.2, -0.15) is 13.2 Å². The van der Waals surface area contributed by atoms with E-state index in [4.69, 9.17) is 0 Å². The number of hydrogen-bond donors (Lipinski definition) is 0. The molecule has 15 heavy (non-hydrogen) atoms. The summed E-state index contributed by atoms with van der Waals surface area (Å²) in [5, 5.41) is 0. The van der Waals surface area contributed by atoms with Crippen LogP contribution in [0.5, 0.6) is 0 Å². The van der Waals surface area contributed by atoms with Gasteiger partial charge in [0.05, 0.1) is 0 Å². The Morgan fingerprint density at radius 3 is 2.07 bits per heavy atom. The second-order valence-corrected chi connectivity index (χ2v) is 3.73. The van der Waals surface area contributed by atoms with Gasteiger partial charge in [-0.15, -0.1) is 0 Å². The quantitative estimate of drug-likeness (QED) is 0.449. The van der Waals surface area contributed by atoms with Crippen LogP contribution in [0.2, 0.25) is 0 Å². The van der Waals surface area contributed by atoms with Crippen LogP contribution in [0, 0.1) is 0 Å². The van der Waals surface area contributed by atoms with Crippen molar-refractivity contribution >= 4 is 5.71 Å². The van der Waals surface area contributed by atoms with Gasteiger partial charge in [0.1, 0.15) is 5.71 Å². The molecule has 0 aromatic heterocycles. The fraction of sp³-hybridized carbons (Fsp3) is 0.909. The highest BCUT2D eigenvalue weighted by molar-refractivity contribution is 5.87. The van der Waals surface area contributed by atoms with Crippen molar-refractivity contribution in [2.45, 2.75) is 58.5 Å². The Morgan fingerprint density at radius 1 is 1.00 bits per heavy atom. The normalized spacial score (nSPS) is 13.3. The summed E-state index contributed by atoms with van der Waals surface area (Å²) in [5.41, 5.74) is -0.712. The van der Waals surface area contributed by atoms with Crippen molar-refractivity contribution < 1.29 is 13.2 Å². The first-order valence-corrected chi connectivity index (χ1v) is 5.56. The zero-order valence-corrected chi connectivity index (χ0v) is 9.53. The third-order valence-electron chi connectivity index (χ3n) is 2.27. The highest BCUT2D eigenvalue weighted by atomic mass is 19.4. The van der Waals surface area contributed by atoms with E-state index < -0.39 is 11.9 Å². The number of hydrogen-bond acceptors (Lipinski definition) is 1. The highest BCUT2D eigenvalue weighted by Crippen LogP contribution is 2.17. The topological polar surface area (TPSA) is 12.4 Å². The van der Waals surface area contributed by atoms with Crippen LogP contribution in [-0.2, 0) is 0 Å². The minimum Gasteiger partial charge on any atom is -0.285 e. The summed E-state index contributed by atoms with van der Waals surface area (Å²) >= 11 is 0. The van der Waals surface area contributed by atoms with E-state index in [0.717, 1.165) is 26.2 Å². The molecule has 1 nitrogen and oxygen atoms in total. The summed E-state index contributed by atoms with van der Waals surface area (Å²) in [4.78, 5) is 3.50. The lowest BCUT2D eigenvalue weighted by Gasteiger charge is -2.05. The summed E-state index contributed by atoms with van der Waals surface area (Å²) in [6.45, 7) is 3.46. The number of aliphatic imine (C=N–C) groups is 1. The summed E-state index contributed by atoms with van der Waals surface area (Å²) in [6, 6.07) is 0. The Morgan fingerprint density at radius 2 is 1.53 bits per heavy atom. The SMILES string of the molecule is CCCCCCCCN=C(C)C(F)(F)F. The molecule has 0 unspecified atom stereocenters. The minimum absolute atomic E-state index is 0.303. The third-order valence-corrected chi connectivity index (χ3v) is 2.27. The summed E-state index contributed by atoms with van der Waals surface area (Å²) in [6.07, 6.45) is 2.18. The lowest BCUT2D eigenvalue weighted by molar-refractivity contribution is -0.0594. The van der Waals surface area contributed by atoms with Gasteiger partial charge in [0.25, 0.3) is 0 Å². The van der Waals surface area contributed by atoms with Crippen molar-refractivity contribution in [2.24, 2.45) is 4.99 Å². The smallest absolute Gasteiger partial charge is 0.285 e. The van der Waals surface area contributed by atoms with Crippen LogP contribution in [0.4, 0.5) is 13.2 Å². The van der Waals surface area contributed by atoms with Crippen molar-refractivity contribution in [2.75, 3.05) is 6.54 Å². The van der Waals surface area contributed by atoms with Gasteiger partial charge in [-0.25, -0.2) is 0 Å². The molecule has 0 N–H and O–H groups in total. The molecule has 0 saturated carbocycles. The second-order valence-electron chi connectivity index (χ2n) is 3.73. The van der Waals surface area contributed by atoms with Crippen molar-refractivity contribution in [3.8, 4) is 0 Å². The van der Waals surface area contributed by atoms with Gasteiger partial charge in [0.15, 0.2) is 0 Å². The molecule has 0 rings (SSSR count). The Balaban J connectivity index is 3.45. The maximum Gasteiger partial charge on any atom is 0.428 e. The third kappa shape index (κ3) is 8.45. The van der Waals surface area contributed by atoms with E-state index in [9.17, 15) is 13.2 Å². The zero-order chi connectivity index (χ0) is 11.7. The van der Waals surface area contributed by atoms with Gasteiger partial charge in [0.2, 0.25) is 0 Å². The van der Waals surface area contributed by atoms with Crippen molar-refractivity contribution in [1.29, 1.82) is 0 Å². The molecule has 4 heteroatoms. The van der Waals surface area contributed by atoms with Gasteiger partial charge in [-0.05, 0) is 13.3 Å². The van der Waals surface area contributed by atoms with Gasteiger partial charge in [0, 0.05) is 6.54 Å². The first kappa shape index (κ1) is 14.5. The average Bonchev–Trinajstić information content (AvgIpc) is 2.14. The standard InChI is InChI=1S/C11H20F3N/c1-3-4-5-6-7-8-9-15-10(2)11(12,13)14/h3-9H2,1-2H3. The van der Waals surface area contributed by atoms with Gasteiger partial charge in [-0.3, -0.25) is 4.99 Å². The molecule has 0 aliphatic carbocycles. The van der Waals surface area contributed by atoms with E-state index in [2.05, 4.69) is 11.9 Å². The van der Waals surface area contributed by atoms with Crippen LogP contribution < -0.4 is 0 Å². The predicted octanol–water partition coefficient (Wildman–Crippen LogP) is 4.37. The number of rotatable bonds is 7. The largest absolute Gasteiger partial charge is 0.428 e. The molecule has 0 saturated heterocycles. The van der Waals surface area contributed by atoms with E-state index in [1.54, 1.807) is 0 Å². The molecule has 0 amide bonds. The van der Waals surface area contributed by atoms with Crippen molar-refractivity contribution in [3.05, 3.63) is 0 Å². The Labute approximate surface area is 89.8 Å². The molecule has 90 valence electrons. The molecule has 0 aliphatic rings. The number of nitrogens with zero attached hydrogens (tertiary/aromatic N) is 1. The molecule has 0 fully saturated rings. The van der Waals surface area contributed by atoms with Crippen LogP contribution in [0.3, 0.4) is 0 Å². The molecule has 0 heterocycles. The van der Waals surface area contributed by atoms with Crippen molar-refractivity contribution in [3.63, 3.8) is 0 Å². The predicted molar refractivity (Wildman–Crippen MR) is 57.4 cm³/mol. The lowest BCUT2D eigenvalue weighted by Crippen LogP contribution is -2.19. The molecule has 0 atom stereocenters. The van der Waals surface area contributed by atoms with Crippen LogP contribution in [0.25, 0.3) is 0 Å². The van der Waals surface area contributed by atoms with Gasteiger partial charge < -0.3 is 0 Å². The molecule has 0 bridgehead atoms. The maximum atomic E-state index is 12.0. The maximum absolute atomic E-state index is 12.0. The van der Waals surface area contributed by atoms with Gasteiger partial charge in [-0.1, -0.05) is 39.0 Å². The fourth-order valence-electron chi connectivity index (χ4n) is 1.23. The highest BCUT2D eigenvalue weighted by Gasteiger charge is 2.31. The Bertz CT molecular complexity index is 185. The van der Waals surface area contributed by atoms with E-state index >= 15 is 0 Å². The van der Waals surface area contributed by atoms with E-state index in [0.29, 0.717) is 6.54 Å². The van der Waals surface area contributed by atoms with Gasteiger partial charge >= 0.3 is 6.18 Å². The van der Waals surface area contributed by atoms with E-state index in [1.165, 1.54) is 19.3 Å². The average molecular weight is 223 g/mol. The Hall–Kier alpha value is -0.540.